The maximum atomic E-state index is 12.1. The van der Waals surface area contributed by atoms with E-state index in [4.69, 9.17) is 9.72 Å². The lowest BCUT2D eigenvalue weighted by Gasteiger charge is -2.36. The number of piperazine rings is 1. The van der Waals surface area contributed by atoms with E-state index in [1.54, 1.807) is 4.90 Å². The average molecular weight is 317 g/mol. The number of amides is 1. The van der Waals surface area contributed by atoms with Crippen molar-refractivity contribution in [2.24, 2.45) is 0 Å². The van der Waals surface area contributed by atoms with Crippen LogP contribution in [0.4, 0.5) is 10.6 Å². The van der Waals surface area contributed by atoms with Crippen molar-refractivity contribution in [2.45, 2.75) is 52.6 Å². The summed E-state index contributed by atoms with van der Waals surface area (Å²) in [4.78, 5) is 21.1. The van der Waals surface area contributed by atoms with E-state index in [1.807, 2.05) is 20.8 Å². The van der Waals surface area contributed by atoms with Crippen LogP contribution in [-0.4, -0.2) is 47.8 Å². The number of hydrogen-bond acceptors (Lipinski definition) is 4. The Kier molecular flexibility index (Phi) is 4.21. The van der Waals surface area contributed by atoms with E-state index in [9.17, 15) is 4.79 Å². The van der Waals surface area contributed by atoms with Gasteiger partial charge in [0, 0.05) is 31.9 Å². The van der Waals surface area contributed by atoms with Crippen LogP contribution in [0.5, 0.6) is 0 Å². The number of anilines is 1. The van der Waals surface area contributed by atoms with Gasteiger partial charge in [-0.1, -0.05) is 0 Å². The summed E-state index contributed by atoms with van der Waals surface area (Å²) in [5, 5.41) is 0. The number of pyridine rings is 1. The Morgan fingerprint density at radius 2 is 1.87 bits per heavy atom. The lowest BCUT2D eigenvalue weighted by atomic mass is 10.1. The average Bonchev–Trinajstić information content (AvgIpc) is 2.94. The van der Waals surface area contributed by atoms with Crippen LogP contribution in [0, 0.1) is 6.92 Å². The van der Waals surface area contributed by atoms with E-state index < -0.39 is 5.60 Å². The number of carbonyl (C=O) groups is 1. The number of carbonyl (C=O) groups excluding carboxylic acids is 1. The summed E-state index contributed by atoms with van der Waals surface area (Å²) < 4.78 is 5.45. The van der Waals surface area contributed by atoms with Gasteiger partial charge in [0.1, 0.15) is 11.4 Å². The van der Waals surface area contributed by atoms with Crippen LogP contribution < -0.4 is 4.90 Å². The Labute approximate surface area is 138 Å². The van der Waals surface area contributed by atoms with E-state index in [1.165, 1.54) is 29.7 Å². The fourth-order valence-corrected chi connectivity index (χ4v) is 3.33. The molecule has 2 aliphatic rings. The second-order valence-corrected chi connectivity index (χ2v) is 7.53. The molecular weight excluding hydrogens is 290 g/mol. The van der Waals surface area contributed by atoms with Gasteiger partial charge in [0.25, 0.3) is 0 Å². The van der Waals surface area contributed by atoms with Crippen LogP contribution in [0.2, 0.25) is 0 Å². The zero-order valence-electron chi connectivity index (χ0n) is 14.7. The first-order valence-electron chi connectivity index (χ1n) is 8.56. The topological polar surface area (TPSA) is 45.7 Å². The molecule has 126 valence electrons. The van der Waals surface area contributed by atoms with Crippen LogP contribution in [0.25, 0.3) is 0 Å². The highest BCUT2D eigenvalue weighted by Gasteiger charge is 2.27. The Hall–Kier alpha value is -1.78. The van der Waals surface area contributed by atoms with Gasteiger partial charge in [0.2, 0.25) is 0 Å². The maximum absolute atomic E-state index is 12.1. The number of hydrogen-bond donors (Lipinski definition) is 0. The van der Waals surface area contributed by atoms with Crippen molar-refractivity contribution in [1.29, 1.82) is 0 Å². The number of rotatable bonds is 1. The molecule has 3 rings (SSSR count). The van der Waals surface area contributed by atoms with Crippen LogP contribution in [0.3, 0.4) is 0 Å². The molecule has 1 fully saturated rings. The van der Waals surface area contributed by atoms with E-state index in [0.717, 1.165) is 25.3 Å². The summed E-state index contributed by atoms with van der Waals surface area (Å²) in [6.45, 7) is 10.9. The molecule has 0 N–H and O–H groups in total. The van der Waals surface area contributed by atoms with Crippen molar-refractivity contribution >= 4 is 11.9 Å². The number of ether oxygens (including phenoxy) is 1. The predicted octanol–water partition coefficient (Wildman–Crippen LogP) is 2.94. The van der Waals surface area contributed by atoms with Gasteiger partial charge in [-0.2, -0.15) is 0 Å². The fourth-order valence-electron chi connectivity index (χ4n) is 3.33. The minimum atomic E-state index is -0.438. The molecule has 5 nitrogen and oxygen atoms in total. The van der Waals surface area contributed by atoms with Gasteiger partial charge in [-0.15, -0.1) is 0 Å². The molecule has 0 bridgehead atoms. The molecule has 23 heavy (non-hydrogen) atoms. The van der Waals surface area contributed by atoms with Gasteiger partial charge < -0.3 is 14.5 Å². The molecule has 0 aromatic carbocycles. The number of aromatic nitrogens is 1. The summed E-state index contributed by atoms with van der Waals surface area (Å²) in [6.07, 6.45) is 3.28. The number of aryl methyl sites for hydroxylation is 2. The molecule has 1 aliphatic carbocycles. The molecule has 0 radical (unpaired) electrons. The van der Waals surface area contributed by atoms with Gasteiger partial charge >= 0.3 is 6.09 Å². The second-order valence-electron chi connectivity index (χ2n) is 7.53. The quantitative estimate of drug-likeness (QED) is 0.799. The van der Waals surface area contributed by atoms with Crippen molar-refractivity contribution in [3.05, 3.63) is 22.9 Å². The van der Waals surface area contributed by atoms with Crippen molar-refractivity contribution in [3.63, 3.8) is 0 Å². The van der Waals surface area contributed by atoms with Gasteiger partial charge in [-0.3, -0.25) is 0 Å². The zero-order chi connectivity index (χ0) is 16.6. The number of nitrogens with zero attached hydrogens (tertiary/aromatic N) is 3. The van der Waals surface area contributed by atoms with E-state index in [2.05, 4.69) is 17.9 Å². The smallest absolute Gasteiger partial charge is 0.410 e. The van der Waals surface area contributed by atoms with Crippen molar-refractivity contribution in [3.8, 4) is 0 Å². The monoisotopic (exact) mass is 317 g/mol. The standard InChI is InChI=1S/C18H27N3O2/c1-13-12-16(19-15-7-5-6-14(13)15)20-8-10-21(11-9-20)17(22)23-18(2,3)4/h12H,5-11H2,1-4H3. The predicted molar refractivity (Wildman–Crippen MR) is 91.0 cm³/mol. The highest BCUT2D eigenvalue weighted by Crippen LogP contribution is 2.27. The molecule has 0 spiro atoms. The summed E-state index contributed by atoms with van der Waals surface area (Å²) in [5.41, 5.74) is 3.64. The summed E-state index contributed by atoms with van der Waals surface area (Å²) in [7, 11) is 0. The minimum Gasteiger partial charge on any atom is -0.444 e. The third-order valence-corrected chi connectivity index (χ3v) is 4.52. The zero-order valence-corrected chi connectivity index (χ0v) is 14.7. The lowest BCUT2D eigenvalue weighted by Crippen LogP contribution is -2.50. The molecule has 0 atom stereocenters. The van der Waals surface area contributed by atoms with Crippen LogP contribution >= 0.6 is 0 Å². The molecule has 0 unspecified atom stereocenters. The molecule has 1 amide bonds. The van der Waals surface area contributed by atoms with Crippen LogP contribution in [-0.2, 0) is 17.6 Å². The molecule has 1 aromatic rings. The first-order chi connectivity index (χ1) is 10.8. The van der Waals surface area contributed by atoms with Crippen molar-refractivity contribution in [2.75, 3.05) is 31.1 Å². The summed E-state index contributed by atoms with van der Waals surface area (Å²) >= 11 is 0. The third-order valence-electron chi connectivity index (χ3n) is 4.52. The van der Waals surface area contributed by atoms with Gasteiger partial charge in [-0.25, -0.2) is 9.78 Å². The normalized spacial score (nSPS) is 18.1. The lowest BCUT2D eigenvalue weighted by molar-refractivity contribution is 0.0240. The Morgan fingerprint density at radius 3 is 2.52 bits per heavy atom. The molecule has 1 aromatic heterocycles. The molecular formula is C18H27N3O2. The maximum Gasteiger partial charge on any atom is 0.410 e. The van der Waals surface area contributed by atoms with Crippen molar-refractivity contribution in [1.82, 2.24) is 9.88 Å². The van der Waals surface area contributed by atoms with Gasteiger partial charge in [0.15, 0.2) is 0 Å². The second kappa shape index (κ2) is 6.02. The molecule has 0 saturated carbocycles. The van der Waals surface area contributed by atoms with Crippen molar-refractivity contribution < 1.29 is 9.53 Å². The molecule has 1 aliphatic heterocycles. The van der Waals surface area contributed by atoms with E-state index in [-0.39, 0.29) is 6.09 Å². The molecule has 5 heteroatoms. The fraction of sp³-hybridized carbons (Fsp3) is 0.667. The van der Waals surface area contributed by atoms with E-state index >= 15 is 0 Å². The summed E-state index contributed by atoms with van der Waals surface area (Å²) in [6, 6.07) is 2.20. The first kappa shape index (κ1) is 16.1. The highest BCUT2D eigenvalue weighted by molar-refractivity contribution is 5.68. The molecule has 2 heterocycles. The Balaban J connectivity index is 1.63. The van der Waals surface area contributed by atoms with Gasteiger partial charge in [-0.05, 0) is 64.2 Å². The first-order valence-corrected chi connectivity index (χ1v) is 8.56. The highest BCUT2D eigenvalue weighted by atomic mass is 16.6. The largest absolute Gasteiger partial charge is 0.444 e. The van der Waals surface area contributed by atoms with E-state index in [0.29, 0.717) is 13.1 Å². The molecule has 1 saturated heterocycles. The van der Waals surface area contributed by atoms with Crippen LogP contribution in [0.1, 0.15) is 44.0 Å². The SMILES string of the molecule is Cc1cc(N2CCN(C(=O)OC(C)(C)C)CC2)nc2c1CCC2. The van der Waals surface area contributed by atoms with Gasteiger partial charge in [0.05, 0.1) is 0 Å². The Morgan fingerprint density at radius 1 is 1.17 bits per heavy atom. The minimum absolute atomic E-state index is 0.213. The Bertz CT molecular complexity index is 599. The van der Waals surface area contributed by atoms with Crippen LogP contribution in [0.15, 0.2) is 6.07 Å². The summed E-state index contributed by atoms with van der Waals surface area (Å²) in [5.74, 6) is 1.06. The third kappa shape index (κ3) is 3.59. The number of fused-ring (bicyclic) bond motifs is 1.